The Labute approximate surface area is 93.7 Å². The van der Waals surface area contributed by atoms with Gasteiger partial charge in [0.05, 0.1) is 5.52 Å². The van der Waals surface area contributed by atoms with Gasteiger partial charge >= 0.3 is 5.76 Å². The zero-order valence-corrected chi connectivity index (χ0v) is 9.38. The summed E-state index contributed by atoms with van der Waals surface area (Å²) in [7, 11) is 0. The topological polar surface area (TPSA) is 58.0 Å². The van der Waals surface area contributed by atoms with Crippen molar-refractivity contribution in [2.45, 2.75) is 19.8 Å². The number of aromatic amines is 1. The maximum atomic E-state index is 11.0. The Bertz CT molecular complexity index is 513. The van der Waals surface area contributed by atoms with E-state index in [1.807, 2.05) is 18.2 Å². The quantitative estimate of drug-likeness (QED) is 0.753. The summed E-state index contributed by atoms with van der Waals surface area (Å²) in [6, 6.07) is 5.85. The molecular weight excluding hydrogens is 204 g/mol. The number of rotatable bonds is 5. The van der Waals surface area contributed by atoms with Crippen LogP contribution in [0.5, 0.6) is 0 Å². The molecule has 4 nitrogen and oxygen atoms in total. The first-order chi connectivity index (χ1) is 7.79. The molecule has 0 fully saturated rings. The van der Waals surface area contributed by atoms with Crippen molar-refractivity contribution in [1.29, 1.82) is 0 Å². The number of aromatic nitrogens is 1. The number of nitrogens with one attached hydrogen (secondary N) is 2. The third-order valence-corrected chi connectivity index (χ3v) is 2.55. The molecule has 86 valence electrons. The molecule has 2 rings (SSSR count). The van der Waals surface area contributed by atoms with Crippen molar-refractivity contribution in [1.82, 2.24) is 10.3 Å². The third-order valence-electron chi connectivity index (χ3n) is 2.55. The number of hydrogen-bond donors (Lipinski definition) is 2. The number of fused-ring (bicyclic) bond motifs is 1. The predicted octanol–water partition coefficient (Wildman–Crippen LogP) is 1.66. The Hall–Kier alpha value is -1.55. The maximum absolute atomic E-state index is 11.0. The van der Waals surface area contributed by atoms with Crippen molar-refractivity contribution in [3.8, 4) is 0 Å². The van der Waals surface area contributed by atoms with Gasteiger partial charge in [0.25, 0.3) is 0 Å². The SMILES string of the molecule is CCNCCCc1ccc2[nH]c(=O)oc2c1. The first-order valence-corrected chi connectivity index (χ1v) is 5.62. The zero-order valence-electron chi connectivity index (χ0n) is 9.38. The van der Waals surface area contributed by atoms with Gasteiger partial charge in [-0.05, 0) is 43.6 Å². The summed E-state index contributed by atoms with van der Waals surface area (Å²) in [6.45, 7) is 4.12. The highest BCUT2D eigenvalue weighted by Crippen LogP contribution is 2.13. The third kappa shape index (κ3) is 2.52. The minimum atomic E-state index is -0.389. The monoisotopic (exact) mass is 220 g/mol. The van der Waals surface area contributed by atoms with Gasteiger partial charge in [-0.1, -0.05) is 13.0 Å². The molecule has 0 amide bonds. The fourth-order valence-electron chi connectivity index (χ4n) is 1.74. The summed E-state index contributed by atoms with van der Waals surface area (Å²) in [6.07, 6.45) is 2.09. The molecule has 0 saturated heterocycles. The Morgan fingerprint density at radius 2 is 2.31 bits per heavy atom. The van der Waals surface area contributed by atoms with Crippen molar-refractivity contribution >= 4 is 11.1 Å². The number of aryl methyl sites for hydroxylation is 1. The van der Waals surface area contributed by atoms with E-state index in [-0.39, 0.29) is 5.76 Å². The molecule has 4 heteroatoms. The van der Waals surface area contributed by atoms with Crippen LogP contribution in [0.1, 0.15) is 18.9 Å². The van der Waals surface area contributed by atoms with E-state index >= 15 is 0 Å². The average Bonchev–Trinajstić information content (AvgIpc) is 2.64. The molecule has 0 aliphatic carbocycles. The van der Waals surface area contributed by atoms with Crippen molar-refractivity contribution in [3.05, 3.63) is 34.3 Å². The van der Waals surface area contributed by atoms with Crippen LogP contribution < -0.4 is 11.1 Å². The van der Waals surface area contributed by atoms with Crippen LogP contribution in [-0.2, 0) is 6.42 Å². The van der Waals surface area contributed by atoms with Gasteiger partial charge in [0.1, 0.15) is 0 Å². The molecule has 0 saturated carbocycles. The molecule has 0 radical (unpaired) electrons. The second kappa shape index (κ2) is 4.99. The highest BCUT2D eigenvalue weighted by molar-refractivity contribution is 5.72. The highest BCUT2D eigenvalue weighted by Gasteiger charge is 2.01. The van der Waals surface area contributed by atoms with E-state index in [4.69, 9.17) is 4.42 Å². The van der Waals surface area contributed by atoms with Crippen molar-refractivity contribution in [3.63, 3.8) is 0 Å². The van der Waals surface area contributed by atoms with Crippen LogP contribution in [0.3, 0.4) is 0 Å². The van der Waals surface area contributed by atoms with Gasteiger partial charge in [0, 0.05) is 0 Å². The van der Waals surface area contributed by atoms with E-state index in [2.05, 4.69) is 17.2 Å². The highest BCUT2D eigenvalue weighted by atomic mass is 16.4. The fourth-order valence-corrected chi connectivity index (χ4v) is 1.74. The molecule has 0 aliphatic heterocycles. The van der Waals surface area contributed by atoms with E-state index in [9.17, 15) is 4.79 Å². The van der Waals surface area contributed by atoms with Gasteiger partial charge < -0.3 is 9.73 Å². The van der Waals surface area contributed by atoms with Crippen molar-refractivity contribution < 1.29 is 4.42 Å². The Morgan fingerprint density at radius 1 is 1.44 bits per heavy atom. The molecule has 16 heavy (non-hydrogen) atoms. The molecule has 1 heterocycles. The van der Waals surface area contributed by atoms with Crippen LogP contribution in [0.4, 0.5) is 0 Å². The molecular formula is C12H16N2O2. The predicted molar refractivity (Wildman–Crippen MR) is 63.7 cm³/mol. The van der Waals surface area contributed by atoms with Crippen LogP contribution in [0.15, 0.2) is 27.4 Å². The number of H-pyrrole nitrogens is 1. The van der Waals surface area contributed by atoms with Crippen LogP contribution >= 0.6 is 0 Å². The van der Waals surface area contributed by atoms with Gasteiger partial charge in [0.15, 0.2) is 5.58 Å². The first-order valence-electron chi connectivity index (χ1n) is 5.62. The Balaban J connectivity index is 2.04. The lowest BCUT2D eigenvalue weighted by Gasteiger charge is -2.01. The van der Waals surface area contributed by atoms with Crippen LogP contribution in [0.2, 0.25) is 0 Å². The van der Waals surface area contributed by atoms with Gasteiger partial charge in [-0.25, -0.2) is 4.79 Å². The maximum Gasteiger partial charge on any atom is 0.417 e. The molecule has 0 atom stereocenters. The van der Waals surface area contributed by atoms with E-state index in [1.54, 1.807) is 0 Å². The lowest BCUT2D eigenvalue weighted by Crippen LogP contribution is -2.14. The lowest BCUT2D eigenvalue weighted by atomic mass is 10.1. The summed E-state index contributed by atoms with van der Waals surface area (Å²) < 4.78 is 5.01. The van der Waals surface area contributed by atoms with Gasteiger partial charge in [-0.15, -0.1) is 0 Å². The minimum absolute atomic E-state index is 0.389. The molecule has 0 bridgehead atoms. The molecule has 1 aromatic carbocycles. The fraction of sp³-hybridized carbons (Fsp3) is 0.417. The summed E-state index contributed by atoms with van der Waals surface area (Å²) in [4.78, 5) is 13.6. The van der Waals surface area contributed by atoms with Gasteiger partial charge in [-0.3, -0.25) is 4.98 Å². The normalized spacial score (nSPS) is 11.1. The molecule has 1 aromatic heterocycles. The molecule has 0 aliphatic rings. The summed E-state index contributed by atoms with van der Waals surface area (Å²) >= 11 is 0. The summed E-state index contributed by atoms with van der Waals surface area (Å²) in [5.74, 6) is -0.389. The molecule has 0 unspecified atom stereocenters. The second-order valence-corrected chi connectivity index (χ2v) is 3.80. The molecule has 2 N–H and O–H groups in total. The van der Waals surface area contributed by atoms with E-state index in [0.717, 1.165) is 31.4 Å². The standard InChI is InChI=1S/C12H16N2O2/c1-2-13-7-3-4-9-5-6-10-11(8-9)16-12(15)14-10/h5-6,8,13H,2-4,7H2,1H3,(H,14,15). The van der Waals surface area contributed by atoms with E-state index in [1.165, 1.54) is 5.56 Å². The largest absolute Gasteiger partial charge is 0.417 e. The van der Waals surface area contributed by atoms with Crippen LogP contribution in [0.25, 0.3) is 11.1 Å². The van der Waals surface area contributed by atoms with Crippen LogP contribution in [-0.4, -0.2) is 18.1 Å². The van der Waals surface area contributed by atoms with E-state index in [0.29, 0.717) is 5.58 Å². The van der Waals surface area contributed by atoms with E-state index < -0.39 is 0 Å². The molecule has 0 spiro atoms. The van der Waals surface area contributed by atoms with Crippen molar-refractivity contribution in [2.24, 2.45) is 0 Å². The second-order valence-electron chi connectivity index (χ2n) is 3.80. The van der Waals surface area contributed by atoms with Crippen molar-refractivity contribution in [2.75, 3.05) is 13.1 Å². The number of benzene rings is 1. The zero-order chi connectivity index (χ0) is 11.4. The molecule has 2 aromatic rings. The summed E-state index contributed by atoms with van der Waals surface area (Å²) in [5.41, 5.74) is 2.61. The van der Waals surface area contributed by atoms with Crippen LogP contribution in [0, 0.1) is 0 Å². The Morgan fingerprint density at radius 3 is 3.12 bits per heavy atom. The smallest absolute Gasteiger partial charge is 0.408 e. The van der Waals surface area contributed by atoms with Gasteiger partial charge in [0.2, 0.25) is 0 Å². The summed E-state index contributed by atoms with van der Waals surface area (Å²) in [5, 5.41) is 3.28. The van der Waals surface area contributed by atoms with Gasteiger partial charge in [-0.2, -0.15) is 0 Å². The Kier molecular flexibility index (Phi) is 3.41. The number of hydrogen-bond acceptors (Lipinski definition) is 3. The lowest BCUT2D eigenvalue weighted by molar-refractivity contribution is 0.555. The first kappa shape index (κ1) is 11.0. The minimum Gasteiger partial charge on any atom is -0.408 e. The average molecular weight is 220 g/mol. The number of oxazole rings is 1.